The Bertz CT molecular complexity index is 607. The van der Waals surface area contributed by atoms with Crippen molar-refractivity contribution in [2.24, 2.45) is 0 Å². The summed E-state index contributed by atoms with van der Waals surface area (Å²) in [4.78, 5) is 13.3. The van der Waals surface area contributed by atoms with E-state index in [1.165, 1.54) is 11.3 Å². The third-order valence-corrected chi connectivity index (χ3v) is 3.48. The van der Waals surface area contributed by atoms with Crippen LogP contribution in [-0.4, -0.2) is 31.1 Å². The van der Waals surface area contributed by atoms with E-state index in [2.05, 4.69) is 78.2 Å². The molecule has 0 saturated carbocycles. The average Bonchev–Trinajstić information content (AvgIpc) is 2.46. The van der Waals surface area contributed by atoms with E-state index in [0.717, 1.165) is 30.3 Å². The maximum Gasteiger partial charge on any atom is 0.132 e. The number of rotatable bonds is 5. The molecule has 0 N–H and O–H groups in total. The molecule has 2 rings (SSSR count). The molecule has 4 heteroatoms. The lowest BCUT2D eigenvalue weighted by Crippen LogP contribution is -2.19. The normalized spacial score (nSPS) is 10.5. The second-order valence-corrected chi connectivity index (χ2v) is 5.54. The van der Waals surface area contributed by atoms with E-state index in [1.807, 2.05) is 6.92 Å². The maximum absolute atomic E-state index is 4.54. The van der Waals surface area contributed by atoms with E-state index >= 15 is 0 Å². The van der Waals surface area contributed by atoms with Crippen LogP contribution >= 0.6 is 0 Å². The Morgan fingerprint density at radius 1 is 1.05 bits per heavy atom. The zero-order valence-electron chi connectivity index (χ0n) is 13.6. The Morgan fingerprint density at radius 3 is 2.48 bits per heavy atom. The van der Waals surface area contributed by atoms with E-state index in [9.17, 15) is 0 Å². The highest BCUT2D eigenvalue weighted by atomic mass is 15.2. The molecule has 0 aliphatic rings. The zero-order valence-corrected chi connectivity index (χ0v) is 13.6. The molecular formula is C17H24N4. The largest absolute Gasteiger partial charge is 0.378 e. The van der Waals surface area contributed by atoms with Crippen molar-refractivity contribution in [3.05, 3.63) is 47.4 Å². The quantitative estimate of drug-likeness (QED) is 0.844. The first-order valence-electron chi connectivity index (χ1n) is 7.31. The maximum atomic E-state index is 4.54. The van der Waals surface area contributed by atoms with Crippen molar-refractivity contribution in [2.75, 3.05) is 30.9 Å². The van der Waals surface area contributed by atoms with Crippen LogP contribution in [0.25, 0.3) is 0 Å². The van der Waals surface area contributed by atoms with Crippen molar-refractivity contribution in [3.63, 3.8) is 0 Å². The number of hydrogen-bond acceptors (Lipinski definition) is 4. The summed E-state index contributed by atoms with van der Waals surface area (Å²) in [5.74, 6) is 1.81. The molecular weight excluding hydrogens is 260 g/mol. The second kappa shape index (κ2) is 6.57. The molecule has 21 heavy (non-hydrogen) atoms. The van der Waals surface area contributed by atoms with E-state index < -0.39 is 0 Å². The van der Waals surface area contributed by atoms with Gasteiger partial charge < -0.3 is 9.80 Å². The van der Waals surface area contributed by atoms with Gasteiger partial charge in [0.25, 0.3) is 0 Å². The van der Waals surface area contributed by atoms with Gasteiger partial charge in [-0.25, -0.2) is 9.97 Å². The Hall–Kier alpha value is -2.10. The Labute approximate surface area is 127 Å². The van der Waals surface area contributed by atoms with Gasteiger partial charge in [-0.05, 0) is 31.0 Å². The molecule has 0 atom stereocenters. The predicted octanol–water partition coefficient (Wildman–Crippen LogP) is 3.05. The molecule has 0 aliphatic carbocycles. The van der Waals surface area contributed by atoms with Crippen LogP contribution in [0.15, 0.2) is 30.3 Å². The van der Waals surface area contributed by atoms with Gasteiger partial charge in [0.2, 0.25) is 0 Å². The third-order valence-electron chi connectivity index (χ3n) is 3.48. The summed E-state index contributed by atoms with van der Waals surface area (Å²) >= 11 is 0. The highest BCUT2D eigenvalue weighted by molar-refractivity contribution is 5.48. The van der Waals surface area contributed by atoms with Gasteiger partial charge in [0.1, 0.15) is 11.6 Å². The molecule has 1 aromatic carbocycles. The smallest absolute Gasteiger partial charge is 0.132 e. The molecule has 4 nitrogen and oxygen atoms in total. The first kappa shape index (κ1) is 15.3. The van der Waals surface area contributed by atoms with Crippen LogP contribution in [-0.2, 0) is 13.0 Å². The molecule has 0 unspecified atom stereocenters. The number of nitrogens with zero attached hydrogens (tertiary/aromatic N) is 4. The van der Waals surface area contributed by atoms with Crippen LogP contribution in [0.2, 0.25) is 0 Å². The van der Waals surface area contributed by atoms with Gasteiger partial charge in [-0.3, -0.25) is 0 Å². The van der Waals surface area contributed by atoms with E-state index in [4.69, 9.17) is 0 Å². The summed E-state index contributed by atoms with van der Waals surface area (Å²) in [6.45, 7) is 4.90. The summed E-state index contributed by atoms with van der Waals surface area (Å²) in [6, 6.07) is 10.7. The predicted molar refractivity (Wildman–Crippen MR) is 89.0 cm³/mol. The van der Waals surface area contributed by atoms with Gasteiger partial charge in [0.15, 0.2) is 0 Å². The lowest BCUT2D eigenvalue weighted by atomic mass is 10.2. The Kier molecular flexibility index (Phi) is 4.78. The van der Waals surface area contributed by atoms with Gasteiger partial charge in [-0.1, -0.05) is 19.1 Å². The first-order valence-corrected chi connectivity index (χ1v) is 7.31. The van der Waals surface area contributed by atoms with Gasteiger partial charge in [0.05, 0.1) is 0 Å². The number of benzene rings is 1. The molecule has 0 aliphatic heterocycles. The molecule has 2 aromatic rings. The van der Waals surface area contributed by atoms with Gasteiger partial charge in [-0.2, -0.15) is 0 Å². The van der Waals surface area contributed by atoms with E-state index in [0.29, 0.717) is 0 Å². The monoisotopic (exact) mass is 284 g/mol. The number of aromatic nitrogens is 2. The fraction of sp³-hybridized carbons (Fsp3) is 0.412. The Balaban J connectivity index is 2.19. The van der Waals surface area contributed by atoms with E-state index in [-0.39, 0.29) is 0 Å². The minimum absolute atomic E-state index is 0.832. The van der Waals surface area contributed by atoms with Crippen molar-refractivity contribution in [3.8, 4) is 0 Å². The van der Waals surface area contributed by atoms with Crippen molar-refractivity contribution in [2.45, 2.75) is 26.8 Å². The molecule has 0 bridgehead atoms. The van der Waals surface area contributed by atoms with E-state index in [1.54, 1.807) is 0 Å². The van der Waals surface area contributed by atoms with Crippen LogP contribution in [0.5, 0.6) is 0 Å². The van der Waals surface area contributed by atoms with Crippen LogP contribution in [0, 0.1) is 6.92 Å². The molecule has 1 heterocycles. The third kappa shape index (κ3) is 3.94. The molecule has 0 amide bonds. The summed E-state index contributed by atoms with van der Waals surface area (Å²) in [6.07, 6.45) is 0.931. The lowest BCUT2D eigenvalue weighted by Gasteiger charge is -2.20. The standard InChI is InChI=1S/C17H24N4/c1-6-15-11-17(19-13(2)18-15)21(5)12-14-8-7-9-16(10-14)20(3)4/h7-11H,6,12H2,1-5H3. The summed E-state index contributed by atoms with van der Waals surface area (Å²) in [7, 11) is 6.19. The minimum Gasteiger partial charge on any atom is -0.378 e. The first-order chi connectivity index (χ1) is 9.99. The van der Waals surface area contributed by atoms with Crippen LogP contribution in [0.3, 0.4) is 0 Å². The molecule has 0 spiro atoms. The summed E-state index contributed by atoms with van der Waals surface area (Å²) < 4.78 is 0. The zero-order chi connectivity index (χ0) is 15.4. The van der Waals surface area contributed by atoms with Gasteiger partial charge in [-0.15, -0.1) is 0 Å². The summed E-state index contributed by atoms with van der Waals surface area (Å²) in [5.41, 5.74) is 3.58. The summed E-state index contributed by atoms with van der Waals surface area (Å²) in [5, 5.41) is 0. The van der Waals surface area contributed by atoms with Crippen molar-refractivity contribution in [1.29, 1.82) is 0 Å². The van der Waals surface area contributed by atoms with Crippen molar-refractivity contribution >= 4 is 11.5 Å². The molecule has 0 saturated heterocycles. The Morgan fingerprint density at radius 2 is 1.81 bits per heavy atom. The fourth-order valence-corrected chi connectivity index (χ4v) is 2.28. The van der Waals surface area contributed by atoms with Crippen molar-refractivity contribution in [1.82, 2.24) is 9.97 Å². The molecule has 112 valence electrons. The van der Waals surface area contributed by atoms with Gasteiger partial charge >= 0.3 is 0 Å². The molecule has 1 aromatic heterocycles. The highest BCUT2D eigenvalue weighted by Gasteiger charge is 2.07. The minimum atomic E-state index is 0.832. The highest BCUT2D eigenvalue weighted by Crippen LogP contribution is 2.18. The number of aryl methyl sites for hydroxylation is 2. The second-order valence-electron chi connectivity index (χ2n) is 5.54. The number of anilines is 2. The SMILES string of the molecule is CCc1cc(N(C)Cc2cccc(N(C)C)c2)nc(C)n1. The lowest BCUT2D eigenvalue weighted by molar-refractivity contribution is 0.860. The molecule has 0 fully saturated rings. The average molecular weight is 284 g/mol. The van der Waals surface area contributed by atoms with Crippen molar-refractivity contribution < 1.29 is 0 Å². The number of hydrogen-bond donors (Lipinski definition) is 0. The van der Waals surface area contributed by atoms with Gasteiger partial charge in [0, 0.05) is 45.1 Å². The topological polar surface area (TPSA) is 32.3 Å². The van der Waals surface area contributed by atoms with Crippen LogP contribution in [0.1, 0.15) is 24.0 Å². The molecule has 0 radical (unpaired) electrons. The van der Waals surface area contributed by atoms with Crippen LogP contribution in [0.4, 0.5) is 11.5 Å². The fourth-order valence-electron chi connectivity index (χ4n) is 2.28. The van der Waals surface area contributed by atoms with Crippen LogP contribution < -0.4 is 9.80 Å².